The van der Waals surface area contributed by atoms with E-state index in [-0.39, 0.29) is 5.91 Å². The van der Waals surface area contributed by atoms with E-state index >= 15 is 0 Å². The first-order chi connectivity index (χ1) is 8.79. The van der Waals surface area contributed by atoms with Crippen LogP contribution < -0.4 is 0 Å². The van der Waals surface area contributed by atoms with Crippen molar-refractivity contribution >= 4 is 17.2 Å². The molecule has 3 heteroatoms. The molecule has 1 aromatic rings. The van der Waals surface area contributed by atoms with E-state index in [1.54, 1.807) is 11.3 Å². The normalized spacial score (nSPS) is 17.8. The Morgan fingerprint density at radius 3 is 2.26 bits per heavy atom. The number of hydrogen-bond acceptors (Lipinski definition) is 2. The first-order valence-corrected chi connectivity index (χ1v) is 7.97. The Morgan fingerprint density at radius 2 is 1.84 bits per heavy atom. The Balaban J connectivity index is 2.02. The number of nitrogens with zero attached hydrogens (tertiary/aromatic N) is 1. The lowest BCUT2D eigenvalue weighted by Crippen LogP contribution is -2.41. The molecule has 2 nitrogen and oxygen atoms in total. The van der Waals surface area contributed by atoms with E-state index in [0.717, 1.165) is 42.3 Å². The maximum Gasteiger partial charge on any atom is 0.254 e. The maximum atomic E-state index is 12.5. The second-order valence-corrected chi connectivity index (χ2v) is 8.22. The molecule has 1 amide bonds. The lowest BCUT2D eigenvalue weighted by atomic mass is 9.75. The third-order valence-corrected chi connectivity index (χ3v) is 5.24. The van der Waals surface area contributed by atoms with E-state index in [9.17, 15) is 4.79 Å². The number of amides is 1. The number of piperidine rings is 1. The minimum absolute atomic E-state index is 0.231. The molecule has 19 heavy (non-hydrogen) atoms. The molecule has 0 saturated carbocycles. The maximum absolute atomic E-state index is 12.5. The fraction of sp³-hybridized carbons (Fsp3) is 0.688. The Morgan fingerprint density at radius 1 is 1.26 bits per heavy atom. The highest BCUT2D eigenvalue weighted by molar-refractivity contribution is 7.12. The van der Waals surface area contributed by atoms with Crippen LogP contribution in [0.1, 0.15) is 53.7 Å². The predicted molar refractivity (Wildman–Crippen MR) is 81.9 cm³/mol. The zero-order valence-electron chi connectivity index (χ0n) is 12.7. The summed E-state index contributed by atoms with van der Waals surface area (Å²) in [5.74, 6) is 0.969. The highest BCUT2D eigenvalue weighted by Crippen LogP contribution is 2.35. The van der Waals surface area contributed by atoms with Gasteiger partial charge >= 0.3 is 0 Å². The molecule has 0 radical (unpaired) electrons. The molecular formula is C16H25NOS. The largest absolute Gasteiger partial charge is 0.339 e. The first kappa shape index (κ1) is 14.6. The number of hydrogen-bond donors (Lipinski definition) is 0. The van der Waals surface area contributed by atoms with Gasteiger partial charge in [0.15, 0.2) is 0 Å². The van der Waals surface area contributed by atoms with Crippen LogP contribution in [0.4, 0.5) is 0 Å². The SMILES string of the molecule is Cc1cc(C(=O)N2CCC(C(C)(C)C)CC2)c(C)s1. The molecule has 2 heterocycles. The third kappa shape index (κ3) is 3.19. The minimum atomic E-state index is 0.231. The molecule has 1 saturated heterocycles. The fourth-order valence-corrected chi connectivity index (χ4v) is 3.88. The summed E-state index contributed by atoms with van der Waals surface area (Å²) in [7, 11) is 0. The summed E-state index contributed by atoms with van der Waals surface area (Å²) in [5, 5.41) is 0. The number of thiophene rings is 1. The van der Waals surface area contributed by atoms with Crippen molar-refractivity contribution in [2.45, 2.75) is 47.5 Å². The molecule has 106 valence electrons. The Hall–Kier alpha value is -0.830. The van der Waals surface area contributed by atoms with Gasteiger partial charge in [-0.15, -0.1) is 11.3 Å². The molecule has 1 fully saturated rings. The smallest absolute Gasteiger partial charge is 0.254 e. The van der Waals surface area contributed by atoms with Crippen LogP contribution in [0, 0.1) is 25.2 Å². The average Bonchev–Trinajstić information content (AvgIpc) is 2.66. The summed E-state index contributed by atoms with van der Waals surface area (Å²) in [6.45, 7) is 12.9. The Bertz CT molecular complexity index is 462. The van der Waals surface area contributed by atoms with E-state index < -0.39 is 0 Å². The standard InChI is InChI=1S/C16H25NOS/c1-11-10-14(12(2)19-11)15(18)17-8-6-13(7-9-17)16(3,4)5/h10,13H,6-9H2,1-5H3. The van der Waals surface area contributed by atoms with Crippen LogP contribution >= 0.6 is 11.3 Å². The highest BCUT2D eigenvalue weighted by atomic mass is 32.1. The number of carbonyl (C=O) groups is 1. The molecule has 0 bridgehead atoms. The highest BCUT2D eigenvalue weighted by Gasteiger charge is 2.31. The molecule has 1 aromatic heterocycles. The van der Waals surface area contributed by atoms with Gasteiger partial charge < -0.3 is 4.90 Å². The minimum Gasteiger partial charge on any atom is -0.339 e. The van der Waals surface area contributed by atoms with Gasteiger partial charge in [-0.1, -0.05) is 20.8 Å². The summed E-state index contributed by atoms with van der Waals surface area (Å²) in [4.78, 5) is 16.9. The molecule has 0 spiro atoms. The van der Waals surface area contributed by atoms with E-state index in [4.69, 9.17) is 0 Å². The number of likely N-dealkylation sites (tertiary alicyclic amines) is 1. The quantitative estimate of drug-likeness (QED) is 0.752. The van der Waals surface area contributed by atoms with Gasteiger partial charge in [0.25, 0.3) is 5.91 Å². The van der Waals surface area contributed by atoms with Gasteiger partial charge in [0, 0.05) is 22.8 Å². The second kappa shape index (κ2) is 5.28. The van der Waals surface area contributed by atoms with Crippen molar-refractivity contribution in [3.05, 3.63) is 21.4 Å². The Kier molecular flexibility index (Phi) is 4.05. The average molecular weight is 279 g/mol. The summed E-state index contributed by atoms with van der Waals surface area (Å²) in [5.41, 5.74) is 1.28. The summed E-state index contributed by atoms with van der Waals surface area (Å²) >= 11 is 1.72. The van der Waals surface area contributed by atoms with Crippen LogP contribution in [0.2, 0.25) is 0 Å². The second-order valence-electron chi connectivity index (χ2n) is 6.76. The third-order valence-electron chi connectivity index (χ3n) is 4.28. The molecule has 0 unspecified atom stereocenters. The Labute approximate surface area is 120 Å². The number of rotatable bonds is 1. The zero-order chi connectivity index (χ0) is 14.2. The van der Waals surface area contributed by atoms with Gasteiger partial charge in [0.1, 0.15) is 0 Å². The van der Waals surface area contributed by atoms with Crippen LogP contribution in [-0.4, -0.2) is 23.9 Å². The number of aryl methyl sites for hydroxylation is 2. The van der Waals surface area contributed by atoms with Crippen molar-refractivity contribution in [2.75, 3.05) is 13.1 Å². The molecule has 1 aliphatic heterocycles. The van der Waals surface area contributed by atoms with Gasteiger partial charge in [-0.05, 0) is 44.1 Å². The van der Waals surface area contributed by atoms with Crippen molar-refractivity contribution in [1.29, 1.82) is 0 Å². The summed E-state index contributed by atoms with van der Waals surface area (Å²) in [6, 6.07) is 2.04. The van der Waals surface area contributed by atoms with Gasteiger partial charge in [-0.2, -0.15) is 0 Å². The monoisotopic (exact) mass is 279 g/mol. The van der Waals surface area contributed by atoms with Crippen LogP contribution in [0.15, 0.2) is 6.07 Å². The molecule has 0 atom stereocenters. The van der Waals surface area contributed by atoms with Gasteiger partial charge in [0.05, 0.1) is 5.56 Å². The summed E-state index contributed by atoms with van der Waals surface area (Å²) in [6.07, 6.45) is 2.27. The van der Waals surface area contributed by atoms with Crippen molar-refractivity contribution < 1.29 is 4.79 Å². The van der Waals surface area contributed by atoms with Crippen molar-refractivity contribution in [1.82, 2.24) is 4.90 Å². The van der Waals surface area contributed by atoms with Crippen LogP contribution in [0.5, 0.6) is 0 Å². The first-order valence-electron chi connectivity index (χ1n) is 7.15. The van der Waals surface area contributed by atoms with E-state index in [1.165, 1.54) is 4.88 Å². The topological polar surface area (TPSA) is 20.3 Å². The van der Waals surface area contributed by atoms with Crippen LogP contribution in [0.25, 0.3) is 0 Å². The molecule has 1 aliphatic rings. The van der Waals surface area contributed by atoms with Crippen molar-refractivity contribution in [3.8, 4) is 0 Å². The lowest BCUT2D eigenvalue weighted by Gasteiger charge is -2.38. The molecular weight excluding hydrogens is 254 g/mol. The molecule has 2 rings (SSSR count). The van der Waals surface area contributed by atoms with E-state index in [0.29, 0.717) is 5.41 Å². The van der Waals surface area contributed by atoms with Crippen LogP contribution in [-0.2, 0) is 0 Å². The van der Waals surface area contributed by atoms with Crippen molar-refractivity contribution in [2.24, 2.45) is 11.3 Å². The van der Waals surface area contributed by atoms with Gasteiger partial charge in [0.2, 0.25) is 0 Å². The molecule has 0 N–H and O–H groups in total. The predicted octanol–water partition coefficient (Wildman–Crippen LogP) is 4.26. The van der Waals surface area contributed by atoms with Crippen LogP contribution in [0.3, 0.4) is 0 Å². The van der Waals surface area contributed by atoms with E-state index in [1.807, 2.05) is 17.9 Å². The zero-order valence-corrected chi connectivity index (χ0v) is 13.6. The molecule has 0 aliphatic carbocycles. The van der Waals surface area contributed by atoms with Crippen molar-refractivity contribution in [3.63, 3.8) is 0 Å². The van der Waals surface area contributed by atoms with Gasteiger partial charge in [-0.25, -0.2) is 0 Å². The van der Waals surface area contributed by atoms with E-state index in [2.05, 4.69) is 27.7 Å². The molecule has 0 aromatic carbocycles. The lowest BCUT2D eigenvalue weighted by molar-refractivity contribution is 0.0608. The summed E-state index contributed by atoms with van der Waals surface area (Å²) < 4.78 is 0. The van der Waals surface area contributed by atoms with Gasteiger partial charge in [-0.3, -0.25) is 4.79 Å². The number of carbonyl (C=O) groups excluding carboxylic acids is 1. The fourth-order valence-electron chi connectivity index (χ4n) is 2.96.